The van der Waals surface area contributed by atoms with Crippen molar-refractivity contribution in [1.29, 1.82) is 0 Å². The molecule has 0 bridgehead atoms. The van der Waals surface area contributed by atoms with E-state index in [4.69, 9.17) is 0 Å². The van der Waals surface area contributed by atoms with E-state index in [1.54, 1.807) is 12.4 Å². The van der Waals surface area contributed by atoms with E-state index in [0.29, 0.717) is 0 Å². The molecule has 0 amide bonds. The Bertz CT molecular complexity index is 707. The molecule has 0 N–H and O–H groups in total. The molecule has 100 valence electrons. The number of nitrogens with zero attached hydrogens (tertiary/aromatic N) is 3. The molecule has 0 saturated carbocycles. The number of hydrogen-bond donors (Lipinski definition) is 0. The maximum absolute atomic E-state index is 4.23. The molecule has 3 nitrogen and oxygen atoms in total. The first kappa shape index (κ1) is 14.3. The Morgan fingerprint density at radius 3 is 2.35 bits per heavy atom. The molecule has 2 aromatic carbocycles. The Labute approximate surface area is 128 Å². The van der Waals surface area contributed by atoms with Crippen LogP contribution >= 0.6 is 0 Å². The third-order valence-electron chi connectivity index (χ3n) is 2.80. The molecular formula is C16H13FeN3. The Morgan fingerprint density at radius 1 is 0.950 bits per heavy atom. The molecule has 0 unspecified atom stereocenters. The Morgan fingerprint density at radius 2 is 1.70 bits per heavy atom. The van der Waals surface area contributed by atoms with Crippen molar-refractivity contribution < 1.29 is 17.1 Å². The van der Waals surface area contributed by atoms with Crippen molar-refractivity contribution in [3.63, 3.8) is 0 Å². The van der Waals surface area contributed by atoms with Crippen molar-refractivity contribution in [3.05, 3.63) is 79.1 Å². The van der Waals surface area contributed by atoms with Crippen LogP contribution < -0.4 is 0 Å². The molecule has 20 heavy (non-hydrogen) atoms. The first-order valence-electron chi connectivity index (χ1n) is 6.13. The number of hydrogen-bond acceptors (Lipinski definition) is 2. The Kier molecular flexibility index (Phi) is 4.88. The fraction of sp³-hybridized carbons (Fsp3) is 0. The Hall–Kier alpha value is -2.16. The minimum atomic E-state index is 0. The van der Waals surface area contributed by atoms with Gasteiger partial charge in [-0.05, 0) is 11.9 Å². The van der Waals surface area contributed by atoms with Crippen LogP contribution in [0.25, 0.3) is 16.9 Å². The summed E-state index contributed by atoms with van der Waals surface area (Å²) in [6.45, 7) is 0. The largest absolute Gasteiger partial charge is 2.00 e. The molecular weight excluding hydrogens is 290 g/mol. The van der Waals surface area contributed by atoms with Crippen LogP contribution in [-0.2, 0) is 17.1 Å². The van der Waals surface area contributed by atoms with Crippen molar-refractivity contribution >= 4 is 5.65 Å². The van der Waals surface area contributed by atoms with Crippen molar-refractivity contribution in [2.24, 2.45) is 0 Å². The van der Waals surface area contributed by atoms with Gasteiger partial charge in [-0.1, -0.05) is 11.6 Å². The molecule has 0 fully saturated rings. The summed E-state index contributed by atoms with van der Waals surface area (Å²) in [6.07, 6.45) is 3.56. The average Bonchev–Trinajstić information content (AvgIpc) is 3.20. The van der Waals surface area contributed by atoms with E-state index in [-0.39, 0.29) is 17.1 Å². The summed E-state index contributed by atoms with van der Waals surface area (Å²) in [5, 5.41) is 4.23. The molecule has 2 heterocycles. The molecule has 2 aromatic heterocycles. The summed E-state index contributed by atoms with van der Waals surface area (Å²) in [7, 11) is 0. The molecule has 0 aliphatic carbocycles. The smallest absolute Gasteiger partial charge is 0.247 e. The zero-order valence-corrected chi connectivity index (χ0v) is 11.8. The van der Waals surface area contributed by atoms with Gasteiger partial charge in [-0.3, -0.25) is 0 Å². The van der Waals surface area contributed by atoms with E-state index in [1.807, 2.05) is 59.1 Å². The summed E-state index contributed by atoms with van der Waals surface area (Å²) >= 11 is 0. The monoisotopic (exact) mass is 303 g/mol. The second-order valence-electron chi connectivity index (χ2n) is 4.07. The zero-order chi connectivity index (χ0) is 12.9. The molecule has 4 heteroatoms. The van der Waals surface area contributed by atoms with Gasteiger partial charge in [0.2, 0.25) is 0 Å². The van der Waals surface area contributed by atoms with Crippen molar-refractivity contribution in [2.45, 2.75) is 0 Å². The fourth-order valence-corrected chi connectivity index (χ4v) is 1.92. The fourth-order valence-electron chi connectivity index (χ4n) is 1.92. The molecule has 0 radical (unpaired) electrons. The predicted molar refractivity (Wildman–Crippen MR) is 76.1 cm³/mol. The zero-order valence-electron chi connectivity index (χ0n) is 10.7. The van der Waals surface area contributed by atoms with E-state index in [0.717, 1.165) is 11.3 Å². The third kappa shape index (κ3) is 3.05. The second-order valence-corrected chi connectivity index (χ2v) is 4.07. The molecule has 4 aromatic rings. The number of aromatic nitrogens is 3. The summed E-state index contributed by atoms with van der Waals surface area (Å²) < 4.78 is 1.84. The molecule has 4 rings (SSSR count). The Balaban J connectivity index is 0.000000210. The van der Waals surface area contributed by atoms with Gasteiger partial charge in [-0.15, -0.1) is 12.1 Å². The van der Waals surface area contributed by atoms with Gasteiger partial charge >= 0.3 is 17.1 Å². The number of fused-ring (bicyclic) bond motifs is 1. The van der Waals surface area contributed by atoms with Crippen LogP contribution in [-0.4, -0.2) is 14.6 Å². The SMILES string of the molecule is [Fe+2].c1cc[c-](-c2ccnc3ccnn23)c1.c1cc[cH-]c1. The van der Waals surface area contributed by atoms with Gasteiger partial charge in [0.25, 0.3) is 0 Å². The van der Waals surface area contributed by atoms with Gasteiger partial charge in [0.1, 0.15) is 0 Å². The minimum absolute atomic E-state index is 0. The normalized spacial score (nSPS) is 9.60. The maximum atomic E-state index is 4.23. The van der Waals surface area contributed by atoms with Gasteiger partial charge < -0.3 is 0 Å². The summed E-state index contributed by atoms with van der Waals surface area (Å²) in [6, 6.07) is 22.0. The van der Waals surface area contributed by atoms with Crippen molar-refractivity contribution in [2.75, 3.05) is 0 Å². The first-order valence-corrected chi connectivity index (χ1v) is 6.13. The van der Waals surface area contributed by atoms with Gasteiger partial charge in [-0.2, -0.15) is 35.4 Å². The maximum Gasteiger partial charge on any atom is 2.00 e. The van der Waals surface area contributed by atoms with Crippen LogP contribution in [0.15, 0.2) is 79.1 Å². The topological polar surface area (TPSA) is 30.2 Å². The van der Waals surface area contributed by atoms with Crippen LogP contribution in [0.3, 0.4) is 0 Å². The van der Waals surface area contributed by atoms with Gasteiger partial charge in [0.15, 0.2) is 5.65 Å². The quantitative estimate of drug-likeness (QED) is 0.398. The molecule has 0 aliphatic heterocycles. The summed E-state index contributed by atoms with van der Waals surface area (Å²) in [5.41, 5.74) is 3.12. The van der Waals surface area contributed by atoms with Crippen LogP contribution in [0, 0.1) is 0 Å². The van der Waals surface area contributed by atoms with Crippen LogP contribution in [0.1, 0.15) is 0 Å². The van der Waals surface area contributed by atoms with Gasteiger partial charge in [-0.25, -0.2) is 21.6 Å². The first-order chi connectivity index (χ1) is 9.45. The van der Waals surface area contributed by atoms with Crippen LogP contribution in [0.5, 0.6) is 0 Å². The van der Waals surface area contributed by atoms with E-state index in [9.17, 15) is 0 Å². The molecule has 0 spiro atoms. The molecule has 0 atom stereocenters. The summed E-state index contributed by atoms with van der Waals surface area (Å²) in [4.78, 5) is 4.21. The third-order valence-corrected chi connectivity index (χ3v) is 2.80. The van der Waals surface area contributed by atoms with Crippen molar-refractivity contribution in [1.82, 2.24) is 14.6 Å². The van der Waals surface area contributed by atoms with Crippen LogP contribution in [0.2, 0.25) is 0 Å². The molecule has 0 saturated heterocycles. The van der Waals surface area contributed by atoms with E-state index in [2.05, 4.69) is 22.2 Å². The predicted octanol–water partition coefficient (Wildman–Crippen LogP) is 3.52. The second kappa shape index (κ2) is 6.85. The van der Waals surface area contributed by atoms with E-state index >= 15 is 0 Å². The summed E-state index contributed by atoms with van der Waals surface area (Å²) in [5.74, 6) is 0. The number of rotatable bonds is 1. The van der Waals surface area contributed by atoms with Gasteiger partial charge in [0, 0.05) is 6.07 Å². The minimum Gasteiger partial charge on any atom is -0.247 e. The standard InChI is InChI=1S/C11H8N3.C5H5.Fe/c1-2-4-9(3-1)10-5-7-12-11-6-8-13-14(10)11;1-2-4-5-3-1;/h1-8H;1-5H;/q2*-1;+2. The van der Waals surface area contributed by atoms with Gasteiger partial charge in [0.05, 0.1) is 6.20 Å². The van der Waals surface area contributed by atoms with E-state index < -0.39 is 0 Å². The average molecular weight is 303 g/mol. The van der Waals surface area contributed by atoms with Crippen molar-refractivity contribution in [3.8, 4) is 11.3 Å². The van der Waals surface area contributed by atoms with E-state index in [1.165, 1.54) is 5.56 Å². The molecule has 0 aliphatic rings. The van der Waals surface area contributed by atoms with Crippen LogP contribution in [0.4, 0.5) is 0 Å².